The topological polar surface area (TPSA) is 12.0 Å². The second-order valence-electron chi connectivity index (χ2n) is 5.90. The van der Waals surface area contributed by atoms with Crippen LogP contribution in [0.5, 0.6) is 0 Å². The molecule has 0 radical (unpaired) electrons. The third-order valence-corrected chi connectivity index (χ3v) is 3.96. The van der Waals surface area contributed by atoms with Crippen molar-refractivity contribution in [1.82, 2.24) is 5.32 Å². The Morgan fingerprint density at radius 3 is 2.65 bits per heavy atom. The van der Waals surface area contributed by atoms with Gasteiger partial charge in [0.05, 0.1) is 0 Å². The monoisotopic (exact) mass is 253 g/mol. The van der Waals surface area contributed by atoms with E-state index in [1.807, 2.05) is 0 Å². The Bertz CT molecular complexity index is 284. The maximum atomic E-state index is 3.69. The number of rotatable bonds is 7. The SMILES string of the molecule is CCCNC(CCCc1ccsc1)C(C)(C)C. The summed E-state index contributed by atoms with van der Waals surface area (Å²) in [6, 6.07) is 2.89. The van der Waals surface area contributed by atoms with Gasteiger partial charge in [0.1, 0.15) is 0 Å². The maximum absolute atomic E-state index is 3.69. The van der Waals surface area contributed by atoms with E-state index in [-0.39, 0.29) is 0 Å². The molecule has 0 aromatic carbocycles. The third-order valence-electron chi connectivity index (χ3n) is 3.22. The quantitative estimate of drug-likeness (QED) is 0.755. The molecule has 1 nitrogen and oxygen atoms in total. The maximum Gasteiger partial charge on any atom is 0.0116 e. The Kier molecular flexibility index (Phi) is 6.21. The number of hydrogen-bond acceptors (Lipinski definition) is 2. The lowest BCUT2D eigenvalue weighted by Gasteiger charge is -2.31. The summed E-state index contributed by atoms with van der Waals surface area (Å²) in [6.45, 7) is 10.4. The van der Waals surface area contributed by atoms with Gasteiger partial charge in [-0.15, -0.1) is 0 Å². The lowest BCUT2D eigenvalue weighted by molar-refractivity contribution is 0.251. The van der Waals surface area contributed by atoms with Gasteiger partial charge in [-0.2, -0.15) is 11.3 Å². The minimum Gasteiger partial charge on any atom is -0.313 e. The largest absolute Gasteiger partial charge is 0.313 e. The second kappa shape index (κ2) is 7.17. The van der Waals surface area contributed by atoms with E-state index in [1.165, 1.54) is 31.2 Å². The molecule has 1 atom stereocenters. The standard InChI is InChI=1S/C15H27NS/c1-5-10-16-14(15(2,3)4)8-6-7-13-9-11-17-12-13/h9,11-12,14,16H,5-8,10H2,1-4H3. The molecule has 0 spiro atoms. The van der Waals surface area contributed by atoms with Crippen molar-refractivity contribution in [2.75, 3.05) is 6.54 Å². The Morgan fingerprint density at radius 2 is 2.12 bits per heavy atom. The van der Waals surface area contributed by atoms with Crippen LogP contribution in [-0.2, 0) is 6.42 Å². The number of aryl methyl sites for hydroxylation is 1. The second-order valence-corrected chi connectivity index (χ2v) is 6.68. The highest BCUT2D eigenvalue weighted by molar-refractivity contribution is 7.07. The molecule has 1 aromatic heterocycles. The van der Waals surface area contributed by atoms with Gasteiger partial charge in [0.25, 0.3) is 0 Å². The molecule has 1 N–H and O–H groups in total. The van der Waals surface area contributed by atoms with Crippen LogP contribution in [0.25, 0.3) is 0 Å². The van der Waals surface area contributed by atoms with Gasteiger partial charge < -0.3 is 5.32 Å². The van der Waals surface area contributed by atoms with Crippen LogP contribution in [0.2, 0.25) is 0 Å². The van der Waals surface area contributed by atoms with E-state index in [9.17, 15) is 0 Å². The van der Waals surface area contributed by atoms with Crippen LogP contribution in [0.1, 0.15) is 52.5 Å². The molecule has 98 valence electrons. The first-order chi connectivity index (χ1) is 8.04. The van der Waals surface area contributed by atoms with E-state index in [0.29, 0.717) is 11.5 Å². The van der Waals surface area contributed by atoms with Gasteiger partial charge in [0.15, 0.2) is 0 Å². The van der Waals surface area contributed by atoms with Crippen LogP contribution in [0.4, 0.5) is 0 Å². The smallest absolute Gasteiger partial charge is 0.0116 e. The van der Waals surface area contributed by atoms with Crippen LogP contribution in [0.3, 0.4) is 0 Å². The minimum absolute atomic E-state index is 0.365. The van der Waals surface area contributed by atoms with Crippen LogP contribution < -0.4 is 5.32 Å². The normalized spacial score (nSPS) is 13.9. The lowest BCUT2D eigenvalue weighted by atomic mass is 9.83. The molecular weight excluding hydrogens is 226 g/mol. The molecule has 0 fully saturated rings. The molecule has 17 heavy (non-hydrogen) atoms. The van der Waals surface area contributed by atoms with Gasteiger partial charge in [-0.1, -0.05) is 27.7 Å². The van der Waals surface area contributed by atoms with Gasteiger partial charge in [0, 0.05) is 6.04 Å². The summed E-state index contributed by atoms with van der Waals surface area (Å²) < 4.78 is 0. The van der Waals surface area contributed by atoms with Crippen molar-refractivity contribution >= 4 is 11.3 Å². The summed E-state index contributed by atoms with van der Waals surface area (Å²) in [5.41, 5.74) is 1.86. The van der Waals surface area contributed by atoms with Crippen molar-refractivity contribution in [1.29, 1.82) is 0 Å². The Hall–Kier alpha value is -0.340. The van der Waals surface area contributed by atoms with Gasteiger partial charge in [0.2, 0.25) is 0 Å². The van der Waals surface area contributed by atoms with Crippen molar-refractivity contribution in [2.24, 2.45) is 5.41 Å². The fourth-order valence-corrected chi connectivity index (χ4v) is 2.81. The highest BCUT2D eigenvalue weighted by Crippen LogP contribution is 2.23. The summed E-state index contributed by atoms with van der Waals surface area (Å²) in [5.74, 6) is 0. The molecule has 0 saturated heterocycles. The predicted octanol–water partition coefficient (Wildman–Crippen LogP) is 4.49. The molecule has 1 aromatic rings. The van der Waals surface area contributed by atoms with Crippen molar-refractivity contribution in [3.8, 4) is 0 Å². The van der Waals surface area contributed by atoms with Crippen LogP contribution in [0.15, 0.2) is 16.8 Å². The van der Waals surface area contributed by atoms with Crippen molar-refractivity contribution in [3.05, 3.63) is 22.4 Å². The highest BCUT2D eigenvalue weighted by atomic mass is 32.1. The number of hydrogen-bond donors (Lipinski definition) is 1. The van der Waals surface area contributed by atoms with Crippen molar-refractivity contribution in [3.63, 3.8) is 0 Å². The number of nitrogens with one attached hydrogen (secondary N) is 1. The number of thiophene rings is 1. The van der Waals surface area contributed by atoms with Gasteiger partial charge in [-0.3, -0.25) is 0 Å². The fourth-order valence-electron chi connectivity index (χ4n) is 2.11. The van der Waals surface area contributed by atoms with Crippen molar-refractivity contribution < 1.29 is 0 Å². The average molecular weight is 253 g/mol. The molecule has 0 aliphatic heterocycles. The zero-order chi connectivity index (χ0) is 12.7. The van der Waals surface area contributed by atoms with E-state index in [1.54, 1.807) is 11.3 Å². The first-order valence-electron chi connectivity index (χ1n) is 6.78. The molecule has 1 unspecified atom stereocenters. The molecule has 0 bridgehead atoms. The van der Waals surface area contributed by atoms with Crippen molar-refractivity contribution in [2.45, 2.75) is 59.4 Å². The summed E-state index contributed by atoms with van der Waals surface area (Å²) in [4.78, 5) is 0. The predicted molar refractivity (Wildman–Crippen MR) is 78.8 cm³/mol. The zero-order valence-electron chi connectivity index (χ0n) is 11.8. The van der Waals surface area contributed by atoms with Crippen LogP contribution in [0, 0.1) is 5.41 Å². The molecule has 2 heteroatoms. The fraction of sp³-hybridized carbons (Fsp3) is 0.733. The first kappa shape index (κ1) is 14.7. The molecule has 0 aliphatic carbocycles. The molecular formula is C15H27NS. The molecule has 0 saturated carbocycles. The van der Waals surface area contributed by atoms with Gasteiger partial charge in [-0.25, -0.2) is 0 Å². The van der Waals surface area contributed by atoms with Gasteiger partial charge >= 0.3 is 0 Å². The molecule has 0 aliphatic rings. The lowest BCUT2D eigenvalue weighted by Crippen LogP contribution is -2.40. The van der Waals surface area contributed by atoms with Crippen LogP contribution >= 0.6 is 11.3 Å². The van der Waals surface area contributed by atoms with Gasteiger partial charge in [-0.05, 0) is 60.0 Å². The van der Waals surface area contributed by atoms with E-state index < -0.39 is 0 Å². The molecule has 1 heterocycles. The Labute approximate surface area is 111 Å². The molecule has 1 rings (SSSR count). The summed E-state index contributed by atoms with van der Waals surface area (Å²) in [6.07, 6.45) is 5.01. The summed E-state index contributed by atoms with van der Waals surface area (Å²) in [7, 11) is 0. The summed E-state index contributed by atoms with van der Waals surface area (Å²) in [5, 5.41) is 8.13. The average Bonchev–Trinajstić information content (AvgIpc) is 2.74. The van der Waals surface area contributed by atoms with E-state index in [0.717, 1.165) is 6.54 Å². The first-order valence-corrected chi connectivity index (χ1v) is 7.72. The highest BCUT2D eigenvalue weighted by Gasteiger charge is 2.23. The minimum atomic E-state index is 0.365. The van der Waals surface area contributed by atoms with E-state index >= 15 is 0 Å². The van der Waals surface area contributed by atoms with E-state index in [2.05, 4.69) is 49.8 Å². The molecule has 0 amide bonds. The zero-order valence-corrected chi connectivity index (χ0v) is 12.6. The Balaban J connectivity index is 2.33. The van der Waals surface area contributed by atoms with E-state index in [4.69, 9.17) is 0 Å². The Morgan fingerprint density at radius 1 is 1.35 bits per heavy atom. The third kappa shape index (κ3) is 5.69. The summed E-state index contributed by atoms with van der Waals surface area (Å²) >= 11 is 1.80. The van der Waals surface area contributed by atoms with Crippen LogP contribution in [-0.4, -0.2) is 12.6 Å².